The second kappa shape index (κ2) is 8.91. The van der Waals surface area contributed by atoms with Crippen LogP contribution in [-0.2, 0) is 6.54 Å². The fourth-order valence-corrected chi connectivity index (χ4v) is 3.39. The first-order valence-electron chi connectivity index (χ1n) is 10.2. The number of nitrogens with zero attached hydrogens (tertiary/aromatic N) is 5. The summed E-state index contributed by atoms with van der Waals surface area (Å²) in [5.74, 6) is -0.207. The van der Waals surface area contributed by atoms with Gasteiger partial charge in [-0.05, 0) is 38.1 Å². The third-order valence-corrected chi connectivity index (χ3v) is 4.92. The van der Waals surface area contributed by atoms with E-state index in [4.69, 9.17) is 0 Å². The van der Waals surface area contributed by atoms with Gasteiger partial charge in [-0.1, -0.05) is 18.2 Å². The van der Waals surface area contributed by atoms with Crippen LogP contribution in [0.2, 0.25) is 0 Å². The van der Waals surface area contributed by atoms with Crippen LogP contribution in [0.4, 0.5) is 0 Å². The standard InChI is InChI=1S/C22H21N7O4/c1-14-12-15(2)29(25-14)18-8-9-19(30)27(26-18)11-10-23-20(31)17-13-24-22(33)28(21(17)32)16-6-4-3-5-7-16/h3-9,12-13H,10-11H2,1-2H3,(H,23,31)(H,24,33). The molecule has 0 fully saturated rings. The monoisotopic (exact) mass is 447 g/mol. The quantitative estimate of drug-likeness (QED) is 0.437. The summed E-state index contributed by atoms with van der Waals surface area (Å²) in [7, 11) is 0. The zero-order valence-electron chi connectivity index (χ0n) is 18.0. The van der Waals surface area contributed by atoms with Gasteiger partial charge < -0.3 is 10.3 Å². The maximum atomic E-state index is 12.8. The summed E-state index contributed by atoms with van der Waals surface area (Å²) in [6, 6.07) is 13.1. The van der Waals surface area contributed by atoms with E-state index in [0.29, 0.717) is 11.5 Å². The summed E-state index contributed by atoms with van der Waals surface area (Å²) >= 11 is 0. The third-order valence-electron chi connectivity index (χ3n) is 4.92. The van der Waals surface area contributed by atoms with Gasteiger partial charge in [-0.15, -0.1) is 5.10 Å². The number of carbonyl (C=O) groups excluding carboxylic acids is 1. The molecule has 0 saturated carbocycles. The summed E-state index contributed by atoms with van der Waals surface area (Å²) in [5, 5.41) is 11.3. The Bertz CT molecular complexity index is 1500. The van der Waals surface area contributed by atoms with E-state index in [9.17, 15) is 19.2 Å². The maximum absolute atomic E-state index is 12.8. The summed E-state index contributed by atoms with van der Waals surface area (Å²) in [6.07, 6.45) is 1.08. The summed E-state index contributed by atoms with van der Waals surface area (Å²) in [6.45, 7) is 3.85. The highest BCUT2D eigenvalue weighted by Gasteiger charge is 2.16. The molecule has 168 valence electrons. The molecule has 4 rings (SSSR count). The van der Waals surface area contributed by atoms with Gasteiger partial charge in [0.1, 0.15) is 5.56 Å². The fourth-order valence-electron chi connectivity index (χ4n) is 3.39. The lowest BCUT2D eigenvalue weighted by molar-refractivity contribution is 0.0949. The van der Waals surface area contributed by atoms with E-state index in [1.54, 1.807) is 41.1 Å². The maximum Gasteiger partial charge on any atom is 0.333 e. The van der Waals surface area contributed by atoms with Gasteiger partial charge in [-0.2, -0.15) is 5.10 Å². The minimum absolute atomic E-state index is 0.0379. The summed E-state index contributed by atoms with van der Waals surface area (Å²) < 4.78 is 3.72. The molecular weight excluding hydrogens is 426 g/mol. The smallest absolute Gasteiger partial charge is 0.333 e. The first kappa shape index (κ1) is 21.7. The van der Waals surface area contributed by atoms with Crippen molar-refractivity contribution in [2.75, 3.05) is 6.54 Å². The summed E-state index contributed by atoms with van der Waals surface area (Å²) in [5.41, 5.74) is 0.0617. The highest BCUT2D eigenvalue weighted by atomic mass is 16.2. The van der Waals surface area contributed by atoms with Gasteiger partial charge in [-0.3, -0.25) is 14.4 Å². The Kier molecular flexibility index (Phi) is 5.85. The predicted octanol–water partition coefficient (Wildman–Crippen LogP) is 0.315. The average molecular weight is 447 g/mol. The lowest BCUT2D eigenvalue weighted by Crippen LogP contribution is -2.40. The number of benzene rings is 1. The molecule has 0 unspecified atom stereocenters. The van der Waals surface area contributed by atoms with Crippen LogP contribution in [0.5, 0.6) is 0 Å². The Balaban J connectivity index is 1.51. The number of hydrogen-bond acceptors (Lipinski definition) is 6. The zero-order valence-corrected chi connectivity index (χ0v) is 18.0. The van der Waals surface area contributed by atoms with Crippen molar-refractivity contribution in [1.82, 2.24) is 34.4 Å². The minimum Gasteiger partial charge on any atom is -0.350 e. The molecule has 11 nitrogen and oxygen atoms in total. The molecule has 0 aliphatic carbocycles. The van der Waals surface area contributed by atoms with Crippen molar-refractivity contribution in [3.05, 3.63) is 103 Å². The molecule has 0 spiro atoms. The molecule has 4 aromatic rings. The molecular formula is C22H21N7O4. The number of H-pyrrole nitrogens is 1. The molecule has 0 aliphatic heterocycles. The van der Waals surface area contributed by atoms with Gasteiger partial charge in [0, 0.05) is 24.5 Å². The Morgan fingerprint density at radius 3 is 2.48 bits per heavy atom. The Labute approximate surface area is 186 Å². The number of nitrogens with one attached hydrogen (secondary N) is 2. The number of hydrogen-bond donors (Lipinski definition) is 2. The van der Waals surface area contributed by atoms with Crippen LogP contribution < -0.4 is 22.1 Å². The Hall–Kier alpha value is -4.54. The molecule has 0 saturated heterocycles. The first-order valence-corrected chi connectivity index (χ1v) is 10.2. The second-order valence-electron chi connectivity index (χ2n) is 7.33. The molecule has 0 bridgehead atoms. The van der Waals surface area contributed by atoms with Gasteiger partial charge >= 0.3 is 5.69 Å². The van der Waals surface area contributed by atoms with Crippen molar-refractivity contribution in [3.63, 3.8) is 0 Å². The number of aryl methyl sites for hydroxylation is 2. The van der Waals surface area contributed by atoms with E-state index in [1.807, 2.05) is 19.9 Å². The lowest BCUT2D eigenvalue weighted by atomic mass is 10.2. The average Bonchev–Trinajstić information content (AvgIpc) is 3.13. The molecule has 0 radical (unpaired) electrons. The molecule has 0 atom stereocenters. The summed E-state index contributed by atoms with van der Waals surface area (Å²) in [4.78, 5) is 52.1. The van der Waals surface area contributed by atoms with E-state index in [2.05, 4.69) is 20.5 Å². The largest absolute Gasteiger partial charge is 0.350 e. The van der Waals surface area contributed by atoms with Crippen molar-refractivity contribution < 1.29 is 4.79 Å². The number of rotatable bonds is 6. The second-order valence-corrected chi connectivity index (χ2v) is 7.33. The molecule has 3 aromatic heterocycles. The number of para-hydroxylation sites is 1. The molecule has 0 aliphatic rings. The zero-order chi connectivity index (χ0) is 23.5. The van der Waals surface area contributed by atoms with Crippen LogP contribution in [-0.4, -0.2) is 41.6 Å². The lowest BCUT2D eigenvalue weighted by Gasteiger charge is -2.10. The van der Waals surface area contributed by atoms with Crippen LogP contribution in [0.1, 0.15) is 21.7 Å². The van der Waals surface area contributed by atoms with Gasteiger partial charge in [0.15, 0.2) is 5.82 Å². The van der Waals surface area contributed by atoms with Gasteiger partial charge in [0.25, 0.3) is 17.0 Å². The van der Waals surface area contributed by atoms with Crippen molar-refractivity contribution >= 4 is 5.91 Å². The third kappa shape index (κ3) is 4.42. The molecule has 33 heavy (non-hydrogen) atoms. The predicted molar refractivity (Wildman–Crippen MR) is 120 cm³/mol. The van der Waals surface area contributed by atoms with Crippen molar-refractivity contribution in [1.29, 1.82) is 0 Å². The van der Waals surface area contributed by atoms with E-state index in [0.717, 1.165) is 22.2 Å². The normalized spacial score (nSPS) is 10.8. The van der Waals surface area contributed by atoms with E-state index < -0.39 is 17.2 Å². The molecule has 2 N–H and O–H groups in total. The van der Waals surface area contributed by atoms with Crippen LogP contribution in [0.15, 0.2) is 69.1 Å². The topological polar surface area (TPSA) is 137 Å². The molecule has 1 amide bonds. The van der Waals surface area contributed by atoms with Crippen LogP contribution in [0.3, 0.4) is 0 Å². The number of carbonyl (C=O) groups is 1. The molecule has 3 heterocycles. The van der Waals surface area contributed by atoms with E-state index in [1.165, 1.54) is 10.7 Å². The van der Waals surface area contributed by atoms with Crippen molar-refractivity contribution in [3.8, 4) is 11.5 Å². The fraction of sp³-hybridized carbons (Fsp3) is 0.182. The van der Waals surface area contributed by atoms with Crippen molar-refractivity contribution in [2.45, 2.75) is 20.4 Å². The van der Waals surface area contributed by atoms with Crippen LogP contribution in [0, 0.1) is 13.8 Å². The number of aromatic amines is 1. The van der Waals surface area contributed by atoms with Gasteiger partial charge in [0.2, 0.25) is 0 Å². The molecule has 11 heteroatoms. The Morgan fingerprint density at radius 1 is 1.03 bits per heavy atom. The molecule has 1 aromatic carbocycles. The van der Waals surface area contributed by atoms with Crippen molar-refractivity contribution in [2.24, 2.45) is 0 Å². The first-order chi connectivity index (χ1) is 15.8. The van der Waals surface area contributed by atoms with Crippen LogP contribution in [0.25, 0.3) is 11.5 Å². The van der Waals surface area contributed by atoms with E-state index >= 15 is 0 Å². The van der Waals surface area contributed by atoms with Gasteiger partial charge in [-0.25, -0.2) is 18.7 Å². The Morgan fingerprint density at radius 2 is 1.79 bits per heavy atom. The highest BCUT2D eigenvalue weighted by molar-refractivity contribution is 5.93. The highest BCUT2D eigenvalue weighted by Crippen LogP contribution is 2.07. The number of aromatic nitrogens is 6. The van der Waals surface area contributed by atoms with E-state index in [-0.39, 0.29) is 24.2 Å². The van der Waals surface area contributed by atoms with Gasteiger partial charge in [0.05, 0.1) is 17.9 Å². The SMILES string of the molecule is Cc1cc(C)n(-c2ccc(=O)n(CCNC(=O)c3c[nH]c(=O)n(-c4ccccc4)c3=O)n2)n1. The number of amides is 1. The van der Waals surface area contributed by atoms with Crippen LogP contribution >= 0.6 is 0 Å². The minimum atomic E-state index is -0.746.